The predicted molar refractivity (Wildman–Crippen MR) is 140 cm³/mol. The highest BCUT2D eigenvalue weighted by Crippen LogP contribution is 2.39. The van der Waals surface area contributed by atoms with Gasteiger partial charge in [-0.1, -0.05) is 40.2 Å². The molecule has 2 rings (SSSR count). The highest BCUT2D eigenvalue weighted by Gasteiger charge is 2.61. The molecule has 0 spiro atoms. The van der Waals surface area contributed by atoms with Gasteiger partial charge in [-0.2, -0.15) is 43.9 Å². The first-order valence-electron chi connectivity index (χ1n) is 11.7. The van der Waals surface area contributed by atoms with Gasteiger partial charge in [0.2, 0.25) is 0 Å². The van der Waals surface area contributed by atoms with Crippen molar-refractivity contribution >= 4 is 33.9 Å². The second-order valence-corrected chi connectivity index (χ2v) is 8.88. The molecule has 0 fully saturated rings. The molecule has 0 aromatic carbocycles. The summed E-state index contributed by atoms with van der Waals surface area (Å²) in [6, 6.07) is 5.74. The van der Waals surface area contributed by atoms with E-state index in [0.717, 1.165) is 13.8 Å². The summed E-state index contributed by atoms with van der Waals surface area (Å²) in [6.45, 7) is 10.4. The zero-order valence-electron chi connectivity index (χ0n) is 22.4. The standard InChI is InChI=1S/C21H15F10N3S.C3H8.C2H6/c1-10(6-16(32)18(22,23)20(26,27)28)13-8-12(15-4-3-5-35-15)9-14(34-13)11(2)7-17(33)19(24,25)21(29,30)31;1-3-2;1-2/h3-9,32-33H,1-2H3;3H2,1-2H3;1-2H3/b10-6+,11-7+,32-16?,33-17?;;. The maximum absolute atomic E-state index is 13.5. The largest absolute Gasteiger partial charge is 0.459 e. The molecule has 14 heteroatoms. The molecule has 224 valence electrons. The van der Waals surface area contributed by atoms with Crippen LogP contribution in [-0.4, -0.2) is 40.6 Å². The van der Waals surface area contributed by atoms with Crippen molar-refractivity contribution in [3.8, 4) is 10.4 Å². The Morgan fingerprint density at radius 3 is 1.40 bits per heavy atom. The van der Waals surface area contributed by atoms with Crippen LogP contribution in [0.15, 0.2) is 41.8 Å². The van der Waals surface area contributed by atoms with Crippen LogP contribution < -0.4 is 0 Å². The molecular weight excluding hydrogens is 576 g/mol. The first kappa shape index (κ1) is 37.0. The molecule has 0 bridgehead atoms. The fourth-order valence-electron chi connectivity index (χ4n) is 2.59. The van der Waals surface area contributed by atoms with Crippen LogP contribution in [0.1, 0.15) is 59.4 Å². The Morgan fingerprint density at radius 2 is 1.12 bits per heavy atom. The first-order valence-corrected chi connectivity index (χ1v) is 12.6. The van der Waals surface area contributed by atoms with Gasteiger partial charge in [-0.05, 0) is 66.3 Å². The second kappa shape index (κ2) is 14.6. The summed E-state index contributed by atoms with van der Waals surface area (Å²) in [4.78, 5) is 4.49. The molecule has 0 saturated carbocycles. The Bertz CT molecular complexity index is 1120. The van der Waals surface area contributed by atoms with Crippen molar-refractivity contribution in [3.05, 3.63) is 53.2 Å². The topological polar surface area (TPSA) is 60.6 Å². The second-order valence-electron chi connectivity index (χ2n) is 7.94. The lowest BCUT2D eigenvalue weighted by Crippen LogP contribution is -2.42. The van der Waals surface area contributed by atoms with E-state index >= 15 is 0 Å². The molecule has 0 aliphatic carbocycles. The number of allylic oxidation sites excluding steroid dienone is 4. The molecule has 0 aliphatic rings. The molecule has 2 aromatic rings. The third-order valence-corrected chi connectivity index (χ3v) is 5.47. The van der Waals surface area contributed by atoms with E-state index in [1.54, 1.807) is 17.5 Å². The number of rotatable bonds is 7. The van der Waals surface area contributed by atoms with Crippen LogP contribution in [0.3, 0.4) is 0 Å². The minimum atomic E-state index is -6.03. The first-order chi connectivity index (χ1) is 18.2. The smallest absolute Gasteiger partial charge is 0.299 e. The molecule has 0 saturated heterocycles. The van der Waals surface area contributed by atoms with Gasteiger partial charge in [0.25, 0.3) is 0 Å². The molecular formula is C26H29F10N3S. The molecule has 0 aliphatic heterocycles. The Labute approximate surface area is 229 Å². The number of halogens is 10. The number of nitrogens with zero attached hydrogens (tertiary/aromatic N) is 1. The monoisotopic (exact) mass is 605 g/mol. The Balaban J connectivity index is 0.00000284. The highest BCUT2D eigenvalue weighted by atomic mass is 32.1. The summed E-state index contributed by atoms with van der Waals surface area (Å²) in [5.74, 6) is -10.9. The Kier molecular flexibility index (Phi) is 13.5. The van der Waals surface area contributed by atoms with E-state index in [2.05, 4.69) is 18.8 Å². The molecule has 0 atom stereocenters. The van der Waals surface area contributed by atoms with Crippen LogP contribution in [0.5, 0.6) is 0 Å². The average molecular weight is 606 g/mol. The SMILES string of the molecule is C/C(=C\C(=N)C(F)(F)C(F)(F)F)c1cc(-c2cccs2)cc(/C(C)=C/C(=N)C(F)(F)C(F)(F)F)n1.CC.CCC. The van der Waals surface area contributed by atoms with E-state index in [1.165, 1.54) is 29.9 Å². The summed E-state index contributed by atoms with van der Waals surface area (Å²) in [5, 5.41) is 16.0. The summed E-state index contributed by atoms with van der Waals surface area (Å²) in [7, 11) is 0. The van der Waals surface area contributed by atoms with E-state index < -0.39 is 35.6 Å². The Morgan fingerprint density at radius 1 is 0.775 bits per heavy atom. The lowest BCUT2D eigenvalue weighted by Gasteiger charge is -2.19. The van der Waals surface area contributed by atoms with Crippen LogP contribution in [0.25, 0.3) is 21.6 Å². The molecule has 0 amide bonds. The normalized spacial score (nSPS) is 13.1. The number of nitrogens with one attached hydrogen (secondary N) is 2. The number of hydrogen-bond acceptors (Lipinski definition) is 4. The lowest BCUT2D eigenvalue weighted by atomic mass is 10.0. The number of aromatic nitrogens is 1. The van der Waals surface area contributed by atoms with Gasteiger partial charge in [-0.15, -0.1) is 11.3 Å². The maximum Gasteiger partial charge on any atom is 0.459 e. The van der Waals surface area contributed by atoms with Gasteiger partial charge in [0.1, 0.15) is 11.4 Å². The van der Waals surface area contributed by atoms with E-state index in [1.807, 2.05) is 13.8 Å². The van der Waals surface area contributed by atoms with Crippen molar-refractivity contribution in [2.45, 2.75) is 72.2 Å². The number of pyridine rings is 1. The van der Waals surface area contributed by atoms with Gasteiger partial charge in [-0.25, -0.2) is 4.98 Å². The van der Waals surface area contributed by atoms with Crippen LogP contribution >= 0.6 is 11.3 Å². The molecule has 0 radical (unpaired) electrons. The van der Waals surface area contributed by atoms with Gasteiger partial charge in [0, 0.05) is 4.88 Å². The average Bonchev–Trinajstić information content (AvgIpc) is 3.39. The van der Waals surface area contributed by atoms with Crippen LogP contribution in [0.2, 0.25) is 0 Å². The fourth-order valence-corrected chi connectivity index (χ4v) is 3.30. The lowest BCUT2D eigenvalue weighted by molar-refractivity contribution is -0.249. The van der Waals surface area contributed by atoms with E-state index in [0.29, 0.717) is 10.4 Å². The van der Waals surface area contributed by atoms with Crippen molar-refractivity contribution in [2.75, 3.05) is 0 Å². The third-order valence-electron chi connectivity index (χ3n) is 4.55. The van der Waals surface area contributed by atoms with E-state index in [-0.39, 0.29) is 34.7 Å². The summed E-state index contributed by atoms with van der Waals surface area (Å²) >= 11 is 1.17. The summed E-state index contributed by atoms with van der Waals surface area (Å²) < 4.78 is 129. The molecule has 2 heterocycles. The van der Waals surface area contributed by atoms with Crippen LogP contribution in [-0.2, 0) is 0 Å². The van der Waals surface area contributed by atoms with Crippen molar-refractivity contribution < 1.29 is 43.9 Å². The minimum Gasteiger partial charge on any atom is -0.299 e. The third kappa shape index (κ3) is 9.27. The van der Waals surface area contributed by atoms with Gasteiger partial charge >= 0.3 is 24.2 Å². The summed E-state index contributed by atoms with van der Waals surface area (Å²) in [5.41, 5.74) is -5.00. The van der Waals surface area contributed by atoms with E-state index in [4.69, 9.17) is 10.8 Å². The minimum absolute atomic E-state index is 0.233. The quantitative estimate of drug-likeness (QED) is 0.239. The summed E-state index contributed by atoms with van der Waals surface area (Å²) in [6.07, 6.45) is -10.3. The molecule has 0 unspecified atom stereocenters. The zero-order valence-corrected chi connectivity index (χ0v) is 23.2. The Hall–Kier alpha value is -3.03. The van der Waals surface area contributed by atoms with Gasteiger partial charge in [0.15, 0.2) is 0 Å². The fraction of sp³-hybridized carbons (Fsp3) is 0.423. The molecule has 3 nitrogen and oxygen atoms in total. The molecule has 2 aromatic heterocycles. The molecule has 40 heavy (non-hydrogen) atoms. The van der Waals surface area contributed by atoms with E-state index in [9.17, 15) is 43.9 Å². The van der Waals surface area contributed by atoms with Crippen molar-refractivity contribution in [3.63, 3.8) is 0 Å². The van der Waals surface area contributed by atoms with Crippen LogP contribution in [0, 0.1) is 10.8 Å². The van der Waals surface area contributed by atoms with Gasteiger partial charge in [-0.3, -0.25) is 10.8 Å². The number of hydrogen-bond donors (Lipinski definition) is 2. The zero-order chi connectivity index (χ0) is 31.7. The van der Waals surface area contributed by atoms with Crippen LogP contribution in [0.4, 0.5) is 43.9 Å². The number of thiophene rings is 1. The number of alkyl halides is 10. The van der Waals surface area contributed by atoms with Crippen molar-refractivity contribution in [1.29, 1.82) is 10.8 Å². The van der Waals surface area contributed by atoms with Crippen molar-refractivity contribution in [1.82, 2.24) is 4.98 Å². The predicted octanol–water partition coefficient (Wildman–Crippen LogP) is 10.5. The van der Waals surface area contributed by atoms with Crippen molar-refractivity contribution in [2.24, 2.45) is 0 Å². The maximum atomic E-state index is 13.5. The molecule has 2 N–H and O–H groups in total. The van der Waals surface area contributed by atoms with Gasteiger partial charge < -0.3 is 0 Å². The van der Waals surface area contributed by atoms with Gasteiger partial charge in [0.05, 0.1) is 11.4 Å². The highest BCUT2D eigenvalue weighted by molar-refractivity contribution is 7.13.